The first kappa shape index (κ1) is 13.8. The van der Waals surface area contributed by atoms with Crippen LogP contribution in [0, 0.1) is 11.2 Å². The zero-order valence-electron chi connectivity index (χ0n) is 11.0. The average molecular weight is 272 g/mol. The summed E-state index contributed by atoms with van der Waals surface area (Å²) in [7, 11) is 1.74. The van der Waals surface area contributed by atoms with Crippen molar-refractivity contribution in [2.24, 2.45) is 5.41 Å². The summed E-state index contributed by atoms with van der Waals surface area (Å²) < 4.78 is 18.7. The average Bonchev–Trinajstić information content (AvgIpc) is 2.33. The van der Waals surface area contributed by atoms with E-state index in [0.717, 1.165) is 12.0 Å². The maximum Gasteiger partial charge on any atom is 0.142 e. The van der Waals surface area contributed by atoms with E-state index in [1.807, 2.05) is 6.07 Å². The topological polar surface area (TPSA) is 21.3 Å². The molecule has 1 aliphatic carbocycles. The normalized spacial score (nSPS) is 25.8. The van der Waals surface area contributed by atoms with E-state index in [9.17, 15) is 4.39 Å². The molecule has 100 valence electrons. The van der Waals surface area contributed by atoms with Crippen molar-refractivity contribution in [2.75, 3.05) is 7.11 Å². The van der Waals surface area contributed by atoms with E-state index in [1.54, 1.807) is 13.2 Å². The summed E-state index contributed by atoms with van der Waals surface area (Å²) in [5, 5.41) is 3.64. The predicted octanol–water partition coefficient (Wildman–Crippen LogP) is 3.38. The Bertz CT molecular complexity index is 436. The molecule has 18 heavy (non-hydrogen) atoms. The molecule has 0 spiro atoms. The Kier molecular flexibility index (Phi) is 3.95. The molecule has 2 nitrogen and oxygen atoms in total. The van der Waals surface area contributed by atoms with Gasteiger partial charge in [0.2, 0.25) is 0 Å². The van der Waals surface area contributed by atoms with Crippen LogP contribution in [0.15, 0.2) is 18.2 Å². The molecule has 1 N–H and O–H groups in total. The van der Waals surface area contributed by atoms with E-state index >= 15 is 0 Å². The van der Waals surface area contributed by atoms with Crippen LogP contribution in [-0.2, 0) is 11.3 Å². The van der Waals surface area contributed by atoms with E-state index in [-0.39, 0.29) is 22.4 Å². The summed E-state index contributed by atoms with van der Waals surface area (Å²) in [5.41, 5.74) is 0.905. The summed E-state index contributed by atoms with van der Waals surface area (Å²) in [6.45, 7) is 4.94. The fourth-order valence-corrected chi connectivity index (χ4v) is 2.74. The van der Waals surface area contributed by atoms with Crippen molar-refractivity contribution in [3.63, 3.8) is 0 Å². The molecule has 1 aromatic rings. The van der Waals surface area contributed by atoms with Gasteiger partial charge in [0.25, 0.3) is 0 Å². The van der Waals surface area contributed by atoms with Crippen LogP contribution in [0.5, 0.6) is 0 Å². The number of ether oxygens (including phenoxy) is 1. The highest BCUT2D eigenvalue weighted by atomic mass is 35.5. The van der Waals surface area contributed by atoms with Crippen molar-refractivity contribution in [1.29, 1.82) is 0 Å². The third kappa shape index (κ3) is 2.40. The van der Waals surface area contributed by atoms with Gasteiger partial charge >= 0.3 is 0 Å². The molecule has 0 heterocycles. The Morgan fingerprint density at radius 1 is 1.50 bits per heavy atom. The second-order valence-corrected chi connectivity index (χ2v) is 5.81. The van der Waals surface area contributed by atoms with Crippen LogP contribution in [-0.4, -0.2) is 19.3 Å². The molecule has 0 aromatic heterocycles. The first-order valence-corrected chi connectivity index (χ1v) is 6.53. The Morgan fingerprint density at radius 3 is 2.83 bits per heavy atom. The summed E-state index contributed by atoms with van der Waals surface area (Å²) in [6.07, 6.45) is 1.27. The predicted molar refractivity (Wildman–Crippen MR) is 71.2 cm³/mol. The minimum Gasteiger partial charge on any atom is -0.381 e. The van der Waals surface area contributed by atoms with E-state index in [2.05, 4.69) is 19.2 Å². The Morgan fingerprint density at radius 2 is 2.22 bits per heavy atom. The molecule has 1 saturated carbocycles. The SMILES string of the molecule is COC1CC(NCc2cccc(F)c2Cl)C1(C)C. The lowest BCUT2D eigenvalue weighted by atomic mass is 9.64. The lowest BCUT2D eigenvalue weighted by Crippen LogP contribution is -2.60. The van der Waals surface area contributed by atoms with Crippen LogP contribution in [0.2, 0.25) is 5.02 Å². The highest BCUT2D eigenvalue weighted by molar-refractivity contribution is 6.31. The maximum absolute atomic E-state index is 13.3. The molecule has 1 aliphatic rings. The van der Waals surface area contributed by atoms with Crippen LogP contribution in [0.3, 0.4) is 0 Å². The number of hydrogen-bond acceptors (Lipinski definition) is 2. The molecule has 0 saturated heterocycles. The molecule has 1 fully saturated rings. The van der Waals surface area contributed by atoms with Crippen LogP contribution in [0.1, 0.15) is 25.8 Å². The first-order valence-electron chi connectivity index (χ1n) is 6.16. The minimum absolute atomic E-state index is 0.106. The van der Waals surface area contributed by atoms with Crippen molar-refractivity contribution in [3.8, 4) is 0 Å². The Balaban J connectivity index is 1.95. The van der Waals surface area contributed by atoms with Gasteiger partial charge in [0, 0.05) is 25.1 Å². The molecule has 0 amide bonds. The van der Waals surface area contributed by atoms with Crippen LogP contribution in [0.4, 0.5) is 4.39 Å². The third-order valence-electron chi connectivity index (χ3n) is 4.03. The molecule has 4 heteroatoms. The van der Waals surface area contributed by atoms with Crippen LogP contribution < -0.4 is 5.32 Å². The number of halogens is 2. The summed E-state index contributed by atoms with van der Waals surface area (Å²) in [6, 6.07) is 5.28. The molecular formula is C14H19ClFNO. The van der Waals surface area contributed by atoms with E-state index in [1.165, 1.54) is 6.07 Å². The quantitative estimate of drug-likeness (QED) is 0.906. The highest BCUT2D eigenvalue weighted by Gasteiger charge is 2.48. The summed E-state index contributed by atoms with van der Waals surface area (Å²) in [4.78, 5) is 0. The van der Waals surface area contributed by atoms with E-state index in [0.29, 0.717) is 12.6 Å². The van der Waals surface area contributed by atoms with E-state index in [4.69, 9.17) is 16.3 Å². The van der Waals surface area contributed by atoms with Crippen LogP contribution in [0.25, 0.3) is 0 Å². The largest absolute Gasteiger partial charge is 0.381 e. The molecule has 0 radical (unpaired) electrons. The van der Waals surface area contributed by atoms with Gasteiger partial charge in [-0.3, -0.25) is 0 Å². The molecular weight excluding hydrogens is 253 g/mol. The first-order chi connectivity index (χ1) is 8.46. The molecule has 0 bridgehead atoms. The van der Waals surface area contributed by atoms with Gasteiger partial charge in [-0.25, -0.2) is 4.39 Å². The molecule has 2 rings (SSSR count). The lowest BCUT2D eigenvalue weighted by Gasteiger charge is -2.51. The van der Waals surface area contributed by atoms with Gasteiger partial charge in [-0.05, 0) is 18.1 Å². The van der Waals surface area contributed by atoms with Crippen molar-refractivity contribution >= 4 is 11.6 Å². The fraction of sp³-hybridized carbons (Fsp3) is 0.571. The molecule has 0 aliphatic heterocycles. The zero-order valence-corrected chi connectivity index (χ0v) is 11.7. The van der Waals surface area contributed by atoms with Crippen molar-refractivity contribution in [2.45, 2.75) is 39.0 Å². The number of hydrogen-bond donors (Lipinski definition) is 1. The number of benzene rings is 1. The zero-order chi connectivity index (χ0) is 13.3. The molecule has 2 atom stereocenters. The second kappa shape index (κ2) is 5.16. The second-order valence-electron chi connectivity index (χ2n) is 5.43. The Hall–Kier alpha value is -0.640. The van der Waals surface area contributed by atoms with Gasteiger partial charge in [-0.15, -0.1) is 0 Å². The smallest absolute Gasteiger partial charge is 0.142 e. The number of methoxy groups -OCH3 is 1. The van der Waals surface area contributed by atoms with Gasteiger partial charge in [-0.1, -0.05) is 37.6 Å². The van der Waals surface area contributed by atoms with Crippen LogP contribution >= 0.6 is 11.6 Å². The van der Waals surface area contributed by atoms with Gasteiger partial charge < -0.3 is 10.1 Å². The highest BCUT2D eigenvalue weighted by Crippen LogP contribution is 2.42. The minimum atomic E-state index is -0.362. The monoisotopic (exact) mass is 271 g/mol. The third-order valence-corrected chi connectivity index (χ3v) is 4.46. The van der Waals surface area contributed by atoms with Crippen molar-refractivity contribution in [3.05, 3.63) is 34.6 Å². The van der Waals surface area contributed by atoms with Gasteiger partial charge in [0.15, 0.2) is 0 Å². The standard InChI is InChI=1S/C14H19ClFNO/c1-14(2)11(7-12(14)18-3)17-8-9-5-4-6-10(16)13(9)15/h4-6,11-12,17H,7-8H2,1-3H3. The number of rotatable bonds is 4. The summed E-state index contributed by atoms with van der Waals surface area (Å²) >= 11 is 5.93. The van der Waals surface area contributed by atoms with E-state index < -0.39 is 0 Å². The van der Waals surface area contributed by atoms with Crippen molar-refractivity contribution in [1.82, 2.24) is 5.32 Å². The van der Waals surface area contributed by atoms with Crippen molar-refractivity contribution < 1.29 is 9.13 Å². The molecule has 1 aromatic carbocycles. The van der Waals surface area contributed by atoms with Gasteiger partial charge in [0.1, 0.15) is 5.82 Å². The number of nitrogens with one attached hydrogen (secondary N) is 1. The Labute approximate surface area is 112 Å². The van der Waals surface area contributed by atoms with Gasteiger partial charge in [-0.2, -0.15) is 0 Å². The fourth-order valence-electron chi connectivity index (χ4n) is 2.55. The molecule has 2 unspecified atom stereocenters. The lowest BCUT2D eigenvalue weighted by molar-refractivity contribution is -0.0979. The maximum atomic E-state index is 13.3. The summed E-state index contributed by atoms with van der Waals surface area (Å²) in [5.74, 6) is -0.362. The van der Waals surface area contributed by atoms with Gasteiger partial charge in [0.05, 0.1) is 11.1 Å².